The molecule has 3 amide bonds. The van der Waals surface area contributed by atoms with Crippen molar-refractivity contribution in [2.45, 2.75) is 26.7 Å². The number of benzene rings is 1. The number of rotatable bonds is 5. The number of ether oxygens (including phenoxy) is 1. The van der Waals surface area contributed by atoms with Crippen LogP contribution in [0.4, 0.5) is 4.79 Å². The molecule has 0 atom stereocenters. The summed E-state index contributed by atoms with van der Waals surface area (Å²) in [5.41, 5.74) is 1.70. The number of urea groups is 1. The second-order valence-electron chi connectivity index (χ2n) is 6.19. The lowest BCUT2D eigenvalue weighted by molar-refractivity contribution is -0.131. The molecule has 1 saturated heterocycles. The van der Waals surface area contributed by atoms with E-state index >= 15 is 0 Å². The van der Waals surface area contributed by atoms with Crippen molar-refractivity contribution in [1.29, 1.82) is 0 Å². The Balaban J connectivity index is 1.93. The summed E-state index contributed by atoms with van der Waals surface area (Å²) in [7, 11) is 1.59. The van der Waals surface area contributed by atoms with Crippen LogP contribution < -0.4 is 10.1 Å². The number of aryl methyl sites for hydroxylation is 1. The van der Waals surface area contributed by atoms with E-state index in [0.29, 0.717) is 43.5 Å². The van der Waals surface area contributed by atoms with Crippen molar-refractivity contribution in [1.82, 2.24) is 15.1 Å². The highest BCUT2D eigenvalue weighted by Crippen LogP contribution is 2.27. The fraction of sp³-hybridized carbons (Fsp3) is 0.556. The standard InChI is InChI=1S/C18H26ClN3O3/c1-4-5-20-18(24)22-8-6-21(7-9-22)17(23)12-14-11-15(19)13(2)10-16(14)25-3/h10-11H,4-9,12H2,1-3H3,(H,20,24). The second-order valence-corrected chi connectivity index (χ2v) is 6.60. The molecule has 1 fully saturated rings. The molecule has 0 unspecified atom stereocenters. The zero-order chi connectivity index (χ0) is 18.4. The summed E-state index contributed by atoms with van der Waals surface area (Å²) in [6.45, 7) is 6.77. The summed E-state index contributed by atoms with van der Waals surface area (Å²) < 4.78 is 5.36. The Morgan fingerprint density at radius 3 is 2.44 bits per heavy atom. The van der Waals surface area contributed by atoms with Gasteiger partial charge in [-0.3, -0.25) is 4.79 Å². The Labute approximate surface area is 154 Å². The summed E-state index contributed by atoms with van der Waals surface area (Å²) in [4.78, 5) is 28.1. The maximum absolute atomic E-state index is 12.6. The van der Waals surface area contributed by atoms with Crippen molar-refractivity contribution in [2.75, 3.05) is 39.8 Å². The fourth-order valence-electron chi connectivity index (χ4n) is 2.80. The number of nitrogens with one attached hydrogen (secondary N) is 1. The van der Waals surface area contributed by atoms with Crippen molar-refractivity contribution in [2.24, 2.45) is 0 Å². The molecular weight excluding hydrogens is 342 g/mol. The average Bonchev–Trinajstić information content (AvgIpc) is 2.62. The Bertz CT molecular complexity index is 628. The normalized spacial score (nSPS) is 14.4. The van der Waals surface area contributed by atoms with E-state index in [1.54, 1.807) is 23.0 Å². The molecular formula is C18H26ClN3O3. The maximum atomic E-state index is 12.6. The quantitative estimate of drug-likeness (QED) is 0.869. The Hall–Kier alpha value is -1.95. The number of halogens is 1. The van der Waals surface area contributed by atoms with Gasteiger partial charge in [-0.05, 0) is 31.0 Å². The van der Waals surface area contributed by atoms with Gasteiger partial charge in [0.25, 0.3) is 0 Å². The molecule has 1 heterocycles. The van der Waals surface area contributed by atoms with Crippen LogP contribution in [0, 0.1) is 6.92 Å². The number of carbonyl (C=O) groups is 2. The lowest BCUT2D eigenvalue weighted by atomic mass is 10.1. The van der Waals surface area contributed by atoms with Gasteiger partial charge in [0, 0.05) is 43.3 Å². The van der Waals surface area contributed by atoms with Crippen molar-refractivity contribution < 1.29 is 14.3 Å². The van der Waals surface area contributed by atoms with E-state index in [0.717, 1.165) is 17.5 Å². The van der Waals surface area contributed by atoms with Gasteiger partial charge in [0.15, 0.2) is 0 Å². The third-order valence-corrected chi connectivity index (χ3v) is 4.76. The molecule has 1 aliphatic heterocycles. The average molecular weight is 368 g/mol. The van der Waals surface area contributed by atoms with Crippen LogP contribution in [-0.2, 0) is 11.2 Å². The van der Waals surface area contributed by atoms with Gasteiger partial charge in [0.05, 0.1) is 13.5 Å². The maximum Gasteiger partial charge on any atom is 0.317 e. The van der Waals surface area contributed by atoms with Crippen LogP contribution in [-0.4, -0.2) is 61.6 Å². The van der Waals surface area contributed by atoms with E-state index in [9.17, 15) is 9.59 Å². The predicted molar refractivity (Wildman–Crippen MR) is 98.3 cm³/mol. The van der Waals surface area contributed by atoms with Gasteiger partial charge < -0.3 is 19.9 Å². The highest BCUT2D eigenvalue weighted by molar-refractivity contribution is 6.31. The van der Waals surface area contributed by atoms with Crippen LogP contribution >= 0.6 is 11.6 Å². The molecule has 0 aromatic heterocycles. The van der Waals surface area contributed by atoms with E-state index in [4.69, 9.17) is 16.3 Å². The first kappa shape index (κ1) is 19.4. The minimum atomic E-state index is -0.0547. The minimum absolute atomic E-state index is 0.0202. The summed E-state index contributed by atoms with van der Waals surface area (Å²) in [5, 5.41) is 3.49. The number of carbonyl (C=O) groups excluding carboxylic acids is 2. The zero-order valence-corrected chi connectivity index (χ0v) is 15.9. The molecule has 138 valence electrons. The molecule has 1 aliphatic rings. The monoisotopic (exact) mass is 367 g/mol. The SMILES string of the molecule is CCCNC(=O)N1CCN(C(=O)Cc2cc(Cl)c(C)cc2OC)CC1. The highest BCUT2D eigenvalue weighted by Gasteiger charge is 2.24. The Kier molecular flexibility index (Phi) is 6.93. The van der Waals surface area contributed by atoms with E-state index in [1.165, 1.54) is 0 Å². The Morgan fingerprint density at radius 2 is 1.84 bits per heavy atom. The van der Waals surface area contributed by atoms with Gasteiger partial charge in [-0.2, -0.15) is 0 Å². The number of nitrogens with zero attached hydrogens (tertiary/aromatic N) is 2. The van der Waals surface area contributed by atoms with Crippen molar-refractivity contribution >= 4 is 23.5 Å². The third kappa shape index (κ3) is 5.01. The van der Waals surface area contributed by atoms with E-state index in [2.05, 4.69) is 5.32 Å². The smallest absolute Gasteiger partial charge is 0.317 e. The van der Waals surface area contributed by atoms with Gasteiger partial charge >= 0.3 is 6.03 Å². The molecule has 2 rings (SSSR count). The van der Waals surface area contributed by atoms with Crippen LogP contribution in [0.1, 0.15) is 24.5 Å². The highest BCUT2D eigenvalue weighted by atomic mass is 35.5. The number of hydrogen-bond acceptors (Lipinski definition) is 3. The van der Waals surface area contributed by atoms with E-state index in [-0.39, 0.29) is 18.4 Å². The largest absolute Gasteiger partial charge is 0.496 e. The van der Waals surface area contributed by atoms with Crippen LogP contribution in [0.2, 0.25) is 5.02 Å². The molecule has 1 aromatic rings. The summed E-state index contributed by atoms with van der Waals surface area (Å²) in [5.74, 6) is 0.694. The molecule has 0 bridgehead atoms. The molecule has 0 saturated carbocycles. The van der Waals surface area contributed by atoms with E-state index in [1.807, 2.05) is 19.9 Å². The number of hydrogen-bond donors (Lipinski definition) is 1. The van der Waals surface area contributed by atoms with Crippen LogP contribution in [0.15, 0.2) is 12.1 Å². The molecule has 6 nitrogen and oxygen atoms in total. The van der Waals surface area contributed by atoms with Gasteiger partial charge in [-0.25, -0.2) is 4.79 Å². The number of methoxy groups -OCH3 is 1. The van der Waals surface area contributed by atoms with Gasteiger partial charge in [-0.15, -0.1) is 0 Å². The second kappa shape index (κ2) is 8.94. The summed E-state index contributed by atoms with van der Waals surface area (Å²) in [6, 6.07) is 3.59. The van der Waals surface area contributed by atoms with Crippen molar-refractivity contribution in [3.8, 4) is 5.75 Å². The summed E-state index contributed by atoms with van der Waals surface area (Å²) in [6.07, 6.45) is 1.15. The molecule has 0 radical (unpaired) electrons. The minimum Gasteiger partial charge on any atom is -0.496 e. The van der Waals surface area contributed by atoms with E-state index < -0.39 is 0 Å². The predicted octanol–water partition coefficient (Wildman–Crippen LogP) is 2.46. The summed E-state index contributed by atoms with van der Waals surface area (Å²) >= 11 is 6.18. The number of amides is 3. The first-order valence-corrected chi connectivity index (χ1v) is 8.97. The molecule has 1 N–H and O–H groups in total. The third-order valence-electron chi connectivity index (χ3n) is 4.35. The van der Waals surface area contributed by atoms with Crippen LogP contribution in [0.25, 0.3) is 0 Å². The molecule has 0 aliphatic carbocycles. The van der Waals surface area contributed by atoms with Gasteiger partial charge in [0.1, 0.15) is 5.75 Å². The van der Waals surface area contributed by atoms with Gasteiger partial charge in [-0.1, -0.05) is 18.5 Å². The Morgan fingerprint density at radius 1 is 1.20 bits per heavy atom. The van der Waals surface area contributed by atoms with Crippen LogP contribution in [0.3, 0.4) is 0 Å². The molecule has 1 aromatic carbocycles. The molecule has 25 heavy (non-hydrogen) atoms. The lowest BCUT2D eigenvalue weighted by Crippen LogP contribution is -2.53. The van der Waals surface area contributed by atoms with Gasteiger partial charge in [0.2, 0.25) is 5.91 Å². The molecule has 7 heteroatoms. The first-order valence-electron chi connectivity index (χ1n) is 8.59. The zero-order valence-electron chi connectivity index (χ0n) is 15.1. The lowest BCUT2D eigenvalue weighted by Gasteiger charge is -2.34. The topological polar surface area (TPSA) is 61.9 Å². The fourth-order valence-corrected chi connectivity index (χ4v) is 2.99. The molecule has 0 spiro atoms. The van der Waals surface area contributed by atoms with Crippen molar-refractivity contribution in [3.63, 3.8) is 0 Å². The van der Waals surface area contributed by atoms with Crippen LogP contribution in [0.5, 0.6) is 5.75 Å². The van der Waals surface area contributed by atoms with Crippen molar-refractivity contribution in [3.05, 3.63) is 28.3 Å². The first-order chi connectivity index (χ1) is 12.0. The number of piperazine rings is 1.